The van der Waals surface area contributed by atoms with Crippen LogP contribution in [0.25, 0.3) is 10.9 Å². The summed E-state index contributed by atoms with van der Waals surface area (Å²) in [5.41, 5.74) is 6.23. The third kappa shape index (κ3) is 2.98. The molecule has 0 saturated carbocycles. The Morgan fingerprint density at radius 3 is 2.32 bits per heavy atom. The number of aromatic nitrogens is 1. The maximum atomic E-state index is 13.0. The van der Waals surface area contributed by atoms with Gasteiger partial charge in [-0.1, -0.05) is 33.6 Å². The molecule has 128 valence electrons. The molecule has 0 aliphatic carbocycles. The topological polar surface area (TPSA) is 99.2 Å². The van der Waals surface area contributed by atoms with Crippen molar-refractivity contribution in [1.82, 2.24) is 3.97 Å². The highest BCUT2D eigenvalue weighted by molar-refractivity contribution is 9.10. The smallest absolute Gasteiger partial charge is 0.289 e. The molecular formula is C17H13BrN2O4S. The zero-order valence-electron chi connectivity index (χ0n) is 13.1. The quantitative estimate of drug-likeness (QED) is 0.517. The molecule has 8 heteroatoms. The first-order valence-corrected chi connectivity index (χ1v) is 9.42. The average molecular weight is 421 g/mol. The second kappa shape index (κ2) is 6.12. The van der Waals surface area contributed by atoms with E-state index in [0.29, 0.717) is 9.86 Å². The van der Waals surface area contributed by atoms with Crippen molar-refractivity contribution in [3.8, 4) is 0 Å². The number of nitrogens with two attached hydrogens (primary N) is 1. The van der Waals surface area contributed by atoms with Gasteiger partial charge >= 0.3 is 0 Å². The monoisotopic (exact) mass is 420 g/mol. The third-order valence-corrected chi connectivity index (χ3v) is 5.96. The summed E-state index contributed by atoms with van der Waals surface area (Å²) >= 11 is 3.28. The zero-order valence-corrected chi connectivity index (χ0v) is 15.5. The van der Waals surface area contributed by atoms with Crippen molar-refractivity contribution in [1.29, 1.82) is 0 Å². The number of ketones is 1. The second-order valence-electron chi connectivity index (χ2n) is 5.51. The van der Waals surface area contributed by atoms with Crippen LogP contribution in [0.5, 0.6) is 0 Å². The van der Waals surface area contributed by atoms with Crippen LogP contribution >= 0.6 is 15.9 Å². The van der Waals surface area contributed by atoms with Gasteiger partial charge in [-0.15, -0.1) is 0 Å². The fourth-order valence-corrected chi connectivity index (χ4v) is 4.24. The molecule has 1 heterocycles. The van der Waals surface area contributed by atoms with Crippen LogP contribution in [0.15, 0.2) is 58.0 Å². The highest BCUT2D eigenvalue weighted by Gasteiger charge is 2.25. The highest BCUT2D eigenvalue weighted by Crippen LogP contribution is 2.29. The van der Waals surface area contributed by atoms with Crippen LogP contribution in [-0.4, -0.2) is 24.1 Å². The van der Waals surface area contributed by atoms with E-state index in [1.807, 2.05) is 6.92 Å². The molecule has 0 bridgehead atoms. The standard InChI is InChI=1S/C17H13BrN2O4S/c1-10-2-5-12(6-3-10)25(23,24)20-9-14(16(21)17(19)22)13-8-11(18)4-7-15(13)20/h2-9H,1H3,(H2,19,22). The predicted octanol–water partition coefficient (Wildman–Crippen LogP) is 2.62. The minimum Gasteiger partial charge on any atom is -0.363 e. The van der Waals surface area contributed by atoms with Gasteiger partial charge in [-0.05, 0) is 37.3 Å². The molecule has 2 N–H and O–H groups in total. The van der Waals surface area contributed by atoms with E-state index < -0.39 is 21.7 Å². The summed E-state index contributed by atoms with van der Waals surface area (Å²) in [6.45, 7) is 1.85. The maximum Gasteiger partial charge on any atom is 0.289 e. The Labute approximate surface area is 152 Å². The Morgan fingerprint density at radius 1 is 1.08 bits per heavy atom. The molecule has 0 aliphatic rings. The van der Waals surface area contributed by atoms with Crippen LogP contribution in [0.1, 0.15) is 15.9 Å². The van der Waals surface area contributed by atoms with Crippen LogP contribution in [0.4, 0.5) is 0 Å². The molecule has 0 unspecified atom stereocenters. The first-order valence-electron chi connectivity index (χ1n) is 7.19. The molecule has 25 heavy (non-hydrogen) atoms. The summed E-state index contributed by atoms with van der Waals surface area (Å²) in [5, 5.41) is 0.328. The highest BCUT2D eigenvalue weighted by atomic mass is 79.9. The molecule has 2 aromatic carbocycles. The van der Waals surface area contributed by atoms with Gasteiger partial charge in [0.05, 0.1) is 16.0 Å². The van der Waals surface area contributed by atoms with Crippen LogP contribution in [-0.2, 0) is 14.8 Å². The van der Waals surface area contributed by atoms with Crippen molar-refractivity contribution in [2.45, 2.75) is 11.8 Å². The number of amides is 1. The zero-order chi connectivity index (χ0) is 18.4. The molecule has 0 saturated heterocycles. The van der Waals surface area contributed by atoms with Crippen molar-refractivity contribution in [3.63, 3.8) is 0 Å². The number of benzene rings is 2. The Kier molecular flexibility index (Phi) is 4.26. The fourth-order valence-electron chi connectivity index (χ4n) is 2.51. The Morgan fingerprint density at radius 2 is 1.72 bits per heavy atom. The Hall–Kier alpha value is -2.45. The lowest BCUT2D eigenvalue weighted by atomic mass is 10.1. The number of Topliss-reactive ketones (excluding diaryl/α,β-unsaturated/α-hetero) is 1. The summed E-state index contributed by atoms with van der Waals surface area (Å²) < 4.78 is 27.6. The van der Waals surface area contributed by atoms with E-state index in [4.69, 9.17) is 5.73 Å². The van der Waals surface area contributed by atoms with Gasteiger partial charge in [-0.25, -0.2) is 12.4 Å². The van der Waals surface area contributed by atoms with Crippen LogP contribution in [0, 0.1) is 6.92 Å². The normalized spacial score (nSPS) is 11.6. The Bertz CT molecular complexity index is 1120. The van der Waals surface area contributed by atoms with E-state index in [9.17, 15) is 18.0 Å². The van der Waals surface area contributed by atoms with Crippen molar-refractivity contribution in [2.24, 2.45) is 5.73 Å². The largest absolute Gasteiger partial charge is 0.363 e. The van der Waals surface area contributed by atoms with Gasteiger partial charge < -0.3 is 5.73 Å². The minimum absolute atomic E-state index is 0.0560. The molecule has 0 atom stereocenters. The number of fused-ring (bicyclic) bond motifs is 1. The summed E-state index contributed by atoms with van der Waals surface area (Å²) in [4.78, 5) is 23.5. The molecule has 0 radical (unpaired) electrons. The fraction of sp³-hybridized carbons (Fsp3) is 0.0588. The number of nitrogens with zero attached hydrogens (tertiary/aromatic N) is 1. The van der Waals surface area contributed by atoms with Gasteiger partial charge in [-0.3, -0.25) is 9.59 Å². The number of aryl methyl sites for hydroxylation is 1. The molecule has 1 amide bonds. The van der Waals surface area contributed by atoms with E-state index >= 15 is 0 Å². The summed E-state index contributed by atoms with van der Waals surface area (Å²) in [5.74, 6) is -2.09. The van der Waals surface area contributed by atoms with E-state index in [0.717, 1.165) is 15.7 Å². The van der Waals surface area contributed by atoms with Gasteiger partial charge in [0.1, 0.15) is 0 Å². The summed E-state index contributed by atoms with van der Waals surface area (Å²) in [6.07, 6.45) is 1.14. The molecule has 6 nitrogen and oxygen atoms in total. The van der Waals surface area contributed by atoms with Gasteiger partial charge in [0, 0.05) is 16.1 Å². The number of primary amides is 1. The van der Waals surface area contributed by atoms with Crippen molar-refractivity contribution < 1.29 is 18.0 Å². The van der Waals surface area contributed by atoms with E-state index in [-0.39, 0.29) is 16.0 Å². The number of rotatable bonds is 4. The molecular weight excluding hydrogens is 408 g/mol. The lowest BCUT2D eigenvalue weighted by Gasteiger charge is -2.08. The van der Waals surface area contributed by atoms with E-state index in [1.165, 1.54) is 12.1 Å². The van der Waals surface area contributed by atoms with Crippen molar-refractivity contribution >= 4 is 48.5 Å². The second-order valence-corrected chi connectivity index (χ2v) is 8.24. The Balaban J connectivity index is 2.31. The maximum absolute atomic E-state index is 13.0. The average Bonchev–Trinajstić information content (AvgIpc) is 2.93. The SMILES string of the molecule is Cc1ccc(S(=O)(=O)n2cc(C(=O)C(N)=O)c3cc(Br)ccc32)cc1. The number of hydrogen-bond acceptors (Lipinski definition) is 4. The van der Waals surface area contributed by atoms with E-state index in [1.54, 1.807) is 30.3 Å². The number of halogens is 1. The lowest BCUT2D eigenvalue weighted by molar-refractivity contribution is -0.114. The molecule has 0 aliphatic heterocycles. The van der Waals surface area contributed by atoms with Crippen LogP contribution in [0.2, 0.25) is 0 Å². The first-order chi connectivity index (χ1) is 11.7. The van der Waals surface area contributed by atoms with Gasteiger partial charge in [0.15, 0.2) is 0 Å². The molecule has 3 aromatic rings. The molecule has 1 aromatic heterocycles. The number of hydrogen-bond donors (Lipinski definition) is 1. The summed E-state index contributed by atoms with van der Waals surface area (Å²) in [6, 6.07) is 11.1. The van der Waals surface area contributed by atoms with E-state index in [2.05, 4.69) is 15.9 Å². The van der Waals surface area contributed by atoms with Crippen LogP contribution < -0.4 is 5.73 Å². The van der Waals surface area contributed by atoms with Gasteiger partial charge in [0.2, 0.25) is 0 Å². The molecule has 0 fully saturated rings. The minimum atomic E-state index is -3.94. The van der Waals surface area contributed by atoms with Crippen molar-refractivity contribution in [3.05, 3.63) is 64.3 Å². The van der Waals surface area contributed by atoms with Gasteiger partial charge in [-0.2, -0.15) is 0 Å². The van der Waals surface area contributed by atoms with Crippen LogP contribution in [0.3, 0.4) is 0 Å². The number of carbonyl (C=O) groups excluding carboxylic acids is 2. The van der Waals surface area contributed by atoms with Gasteiger partial charge in [0.25, 0.3) is 21.7 Å². The first kappa shape index (κ1) is 17.4. The number of carbonyl (C=O) groups is 2. The third-order valence-electron chi connectivity index (χ3n) is 3.78. The lowest BCUT2D eigenvalue weighted by Crippen LogP contribution is -2.23. The molecule has 0 spiro atoms. The summed E-state index contributed by atoms with van der Waals surface area (Å²) in [7, 11) is -3.94. The molecule has 3 rings (SSSR count). The van der Waals surface area contributed by atoms with Crippen molar-refractivity contribution in [2.75, 3.05) is 0 Å². The predicted molar refractivity (Wildman–Crippen MR) is 96.9 cm³/mol.